The first-order valence-electron chi connectivity index (χ1n) is 8.53. The van der Waals surface area contributed by atoms with Gasteiger partial charge in [0.25, 0.3) is 0 Å². The van der Waals surface area contributed by atoms with Crippen LogP contribution < -0.4 is 10.2 Å². The Morgan fingerprint density at radius 2 is 2.04 bits per heavy atom. The summed E-state index contributed by atoms with van der Waals surface area (Å²) in [6, 6.07) is 14.0. The highest BCUT2D eigenvalue weighted by atomic mass is 32.2. The Morgan fingerprint density at radius 1 is 1.27 bits per heavy atom. The normalized spacial score (nSPS) is 16.8. The van der Waals surface area contributed by atoms with Gasteiger partial charge in [-0.2, -0.15) is 0 Å². The van der Waals surface area contributed by atoms with Crippen LogP contribution in [0.25, 0.3) is 0 Å². The summed E-state index contributed by atoms with van der Waals surface area (Å²) in [7, 11) is 0. The number of nitrogens with one attached hydrogen (secondary N) is 1. The molecule has 0 aliphatic carbocycles. The van der Waals surface area contributed by atoms with Gasteiger partial charge in [-0.3, -0.25) is 9.59 Å². The molecule has 1 unspecified atom stereocenters. The third-order valence-electron chi connectivity index (χ3n) is 4.49. The molecular formula is C20H21FN2O2S. The van der Waals surface area contributed by atoms with Crippen LogP contribution >= 0.6 is 11.8 Å². The Hall–Kier alpha value is -2.34. The molecule has 1 atom stereocenters. The smallest absolute Gasteiger partial charge is 0.227 e. The fourth-order valence-corrected chi connectivity index (χ4v) is 3.49. The number of hydrogen-bond donors (Lipinski definition) is 1. The van der Waals surface area contributed by atoms with Gasteiger partial charge in [0.15, 0.2) is 0 Å². The highest BCUT2D eigenvalue weighted by Crippen LogP contribution is 2.28. The predicted molar refractivity (Wildman–Crippen MR) is 102 cm³/mol. The van der Waals surface area contributed by atoms with Crippen molar-refractivity contribution >= 4 is 29.3 Å². The van der Waals surface area contributed by atoms with E-state index in [1.165, 1.54) is 12.1 Å². The van der Waals surface area contributed by atoms with Crippen LogP contribution in [0.3, 0.4) is 0 Å². The van der Waals surface area contributed by atoms with Gasteiger partial charge in [-0.05, 0) is 48.6 Å². The van der Waals surface area contributed by atoms with E-state index < -0.39 is 0 Å². The van der Waals surface area contributed by atoms with Crippen LogP contribution in [-0.2, 0) is 16.0 Å². The Bertz CT molecular complexity index is 795. The van der Waals surface area contributed by atoms with Crippen molar-refractivity contribution in [3.05, 3.63) is 59.9 Å². The maximum absolute atomic E-state index is 12.9. The van der Waals surface area contributed by atoms with Crippen LogP contribution in [0.2, 0.25) is 0 Å². The van der Waals surface area contributed by atoms with Gasteiger partial charge in [0.1, 0.15) is 5.82 Å². The van der Waals surface area contributed by atoms with E-state index in [-0.39, 0.29) is 30.0 Å². The molecule has 0 bridgehead atoms. The second-order valence-corrected chi connectivity index (χ2v) is 7.15. The molecule has 1 aliphatic heterocycles. The summed E-state index contributed by atoms with van der Waals surface area (Å²) >= 11 is 1.62. The number of benzene rings is 2. The van der Waals surface area contributed by atoms with Crippen LogP contribution in [0, 0.1) is 11.7 Å². The predicted octanol–water partition coefficient (Wildman–Crippen LogP) is 3.26. The van der Waals surface area contributed by atoms with E-state index in [1.54, 1.807) is 28.8 Å². The van der Waals surface area contributed by atoms with Crippen molar-refractivity contribution in [3.8, 4) is 0 Å². The molecule has 136 valence electrons. The first-order chi connectivity index (χ1) is 12.6. The summed E-state index contributed by atoms with van der Waals surface area (Å²) in [5, 5.41) is 2.89. The molecule has 2 aromatic carbocycles. The van der Waals surface area contributed by atoms with Crippen LogP contribution in [-0.4, -0.2) is 31.2 Å². The molecule has 2 aromatic rings. The first kappa shape index (κ1) is 18.5. The van der Waals surface area contributed by atoms with E-state index in [9.17, 15) is 14.0 Å². The SMILES string of the molecule is CSc1cccc(N2CC(C(=O)NCCc3ccc(F)cc3)CC2=O)c1. The summed E-state index contributed by atoms with van der Waals surface area (Å²) in [5.74, 6) is -0.743. The third-order valence-corrected chi connectivity index (χ3v) is 5.21. The molecule has 0 spiro atoms. The van der Waals surface area contributed by atoms with Crippen molar-refractivity contribution < 1.29 is 14.0 Å². The highest BCUT2D eigenvalue weighted by molar-refractivity contribution is 7.98. The Labute approximate surface area is 156 Å². The van der Waals surface area contributed by atoms with Crippen molar-refractivity contribution in [2.24, 2.45) is 5.92 Å². The monoisotopic (exact) mass is 372 g/mol. The fraction of sp³-hybridized carbons (Fsp3) is 0.300. The molecule has 0 aromatic heterocycles. The van der Waals surface area contributed by atoms with Gasteiger partial charge in [0.2, 0.25) is 11.8 Å². The maximum Gasteiger partial charge on any atom is 0.227 e. The van der Waals surface area contributed by atoms with E-state index >= 15 is 0 Å². The van der Waals surface area contributed by atoms with Gasteiger partial charge in [-0.25, -0.2) is 4.39 Å². The number of thioether (sulfide) groups is 1. The number of hydrogen-bond acceptors (Lipinski definition) is 3. The number of carbonyl (C=O) groups is 2. The molecule has 26 heavy (non-hydrogen) atoms. The van der Waals surface area contributed by atoms with Crippen LogP contribution in [0.4, 0.5) is 10.1 Å². The van der Waals surface area contributed by atoms with E-state index in [0.717, 1.165) is 16.1 Å². The van der Waals surface area contributed by atoms with Gasteiger partial charge in [0, 0.05) is 30.1 Å². The van der Waals surface area contributed by atoms with Gasteiger partial charge >= 0.3 is 0 Å². The largest absolute Gasteiger partial charge is 0.355 e. The molecule has 4 nitrogen and oxygen atoms in total. The lowest BCUT2D eigenvalue weighted by molar-refractivity contribution is -0.126. The zero-order chi connectivity index (χ0) is 18.5. The minimum atomic E-state index is -0.339. The molecule has 1 heterocycles. The average Bonchev–Trinajstić information content (AvgIpc) is 3.05. The molecule has 6 heteroatoms. The van der Waals surface area contributed by atoms with Gasteiger partial charge < -0.3 is 10.2 Å². The second-order valence-electron chi connectivity index (χ2n) is 6.27. The lowest BCUT2D eigenvalue weighted by atomic mass is 10.1. The summed E-state index contributed by atoms with van der Waals surface area (Å²) in [4.78, 5) is 27.5. The Morgan fingerprint density at radius 3 is 2.77 bits per heavy atom. The molecule has 0 radical (unpaired) electrons. The van der Waals surface area contributed by atoms with Crippen molar-refractivity contribution in [1.82, 2.24) is 5.32 Å². The first-order valence-corrected chi connectivity index (χ1v) is 9.76. The number of carbonyl (C=O) groups excluding carboxylic acids is 2. The summed E-state index contributed by atoms with van der Waals surface area (Å²) in [6.45, 7) is 0.871. The van der Waals surface area contributed by atoms with Gasteiger partial charge in [-0.15, -0.1) is 11.8 Å². The molecular weight excluding hydrogens is 351 g/mol. The van der Waals surface area contributed by atoms with Crippen molar-refractivity contribution in [2.45, 2.75) is 17.7 Å². The lowest BCUT2D eigenvalue weighted by Crippen LogP contribution is -2.34. The van der Waals surface area contributed by atoms with Crippen LogP contribution in [0.1, 0.15) is 12.0 Å². The molecule has 1 fully saturated rings. The van der Waals surface area contributed by atoms with E-state index in [4.69, 9.17) is 0 Å². The van der Waals surface area contributed by atoms with Gasteiger partial charge in [0.05, 0.1) is 5.92 Å². The fourth-order valence-electron chi connectivity index (χ4n) is 3.04. The summed E-state index contributed by atoms with van der Waals surface area (Å²) in [5.41, 5.74) is 1.80. The highest BCUT2D eigenvalue weighted by Gasteiger charge is 2.34. The summed E-state index contributed by atoms with van der Waals surface area (Å²) < 4.78 is 12.9. The number of anilines is 1. The quantitative estimate of drug-likeness (QED) is 0.792. The maximum atomic E-state index is 12.9. The van der Waals surface area contributed by atoms with Crippen molar-refractivity contribution in [3.63, 3.8) is 0 Å². The number of halogens is 1. The topological polar surface area (TPSA) is 49.4 Å². The van der Waals surface area contributed by atoms with E-state index in [2.05, 4.69) is 5.32 Å². The summed E-state index contributed by atoms with van der Waals surface area (Å²) in [6.07, 6.45) is 2.85. The van der Waals surface area contributed by atoms with Crippen molar-refractivity contribution in [2.75, 3.05) is 24.2 Å². The van der Waals surface area contributed by atoms with E-state index in [1.807, 2.05) is 30.5 Å². The van der Waals surface area contributed by atoms with Crippen molar-refractivity contribution in [1.29, 1.82) is 0 Å². The average molecular weight is 372 g/mol. The second kappa shape index (κ2) is 8.36. The zero-order valence-electron chi connectivity index (χ0n) is 14.6. The van der Waals surface area contributed by atoms with Crippen LogP contribution in [0.15, 0.2) is 53.4 Å². The standard InChI is InChI=1S/C20H21FN2O2S/c1-26-18-4-2-3-17(12-18)23-13-15(11-19(23)24)20(25)22-10-9-14-5-7-16(21)8-6-14/h2-8,12,15H,9-11,13H2,1H3,(H,22,25). The van der Waals surface area contributed by atoms with Crippen LogP contribution in [0.5, 0.6) is 0 Å². The Kier molecular flexibility index (Phi) is 5.93. The van der Waals surface area contributed by atoms with Gasteiger partial charge in [-0.1, -0.05) is 18.2 Å². The Balaban J connectivity index is 1.54. The molecule has 0 saturated carbocycles. The third kappa shape index (κ3) is 4.43. The number of rotatable bonds is 6. The minimum absolute atomic E-state index is 0.0260. The lowest BCUT2D eigenvalue weighted by Gasteiger charge is -2.17. The molecule has 1 N–H and O–H groups in total. The molecule has 2 amide bonds. The zero-order valence-corrected chi connectivity index (χ0v) is 15.4. The number of amides is 2. The molecule has 3 rings (SSSR count). The molecule has 1 aliphatic rings. The molecule has 1 saturated heterocycles. The minimum Gasteiger partial charge on any atom is -0.355 e. The van der Waals surface area contributed by atoms with E-state index in [0.29, 0.717) is 19.5 Å². The number of nitrogens with zero attached hydrogens (tertiary/aromatic N) is 1.